The van der Waals surface area contributed by atoms with Crippen molar-refractivity contribution in [3.05, 3.63) is 65.7 Å². The number of nitrogens with one attached hydrogen (secondary N) is 1. The molecule has 2 aromatic heterocycles. The largest absolute Gasteiger partial charge is 0.381 e. The van der Waals surface area contributed by atoms with Gasteiger partial charge in [-0.15, -0.1) is 0 Å². The molecule has 1 aromatic carbocycles. The van der Waals surface area contributed by atoms with Crippen molar-refractivity contribution in [2.45, 2.75) is 45.1 Å². The Morgan fingerprint density at radius 3 is 2.59 bits per heavy atom. The Bertz CT molecular complexity index is 906. The molecular weight excluding hydrogens is 366 g/mol. The van der Waals surface area contributed by atoms with Crippen molar-refractivity contribution in [3.63, 3.8) is 0 Å². The van der Waals surface area contributed by atoms with Gasteiger partial charge in [-0.2, -0.15) is 4.98 Å². The molecule has 0 spiro atoms. The summed E-state index contributed by atoms with van der Waals surface area (Å²) in [7, 11) is 0. The van der Waals surface area contributed by atoms with E-state index in [0.717, 1.165) is 43.5 Å². The molecule has 0 aliphatic carbocycles. The minimum absolute atomic E-state index is 0.0987. The normalized spacial score (nSPS) is 16.1. The highest BCUT2D eigenvalue weighted by molar-refractivity contribution is 5.36. The lowest BCUT2D eigenvalue weighted by molar-refractivity contribution is 0.0570. The van der Waals surface area contributed by atoms with Gasteiger partial charge >= 0.3 is 0 Å². The van der Waals surface area contributed by atoms with Gasteiger partial charge in [0.15, 0.2) is 5.82 Å². The predicted octanol–water partition coefficient (Wildman–Crippen LogP) is 4.15. The van der Waals surface area contributed by atoms with E-state index in [4.69, 9.17) is 14.2 Å². The maximum absolute atomic E-state index is 5.63. The van der Waals surface area contributed by atoms with Crippen LogP contribution >= 0.6 is 0 Å². The molecule has 29 heavy (non-hydrogen) atoms. The van der Waals surface area contributed by atoms with Gasteiger partial charge in [-0.25, -0.2) is 9.97 Å². The number of nitrogens with zero attached hydrogens (tertiary/aromatic N) is 4. The van der Waals surface area contributed by atoms with E-state index in [9.17, 15) is 0 Å². The number of hydrogen-bond acceptors (Lipinski definition) is 7. The van der Waals surface area contributed by atoms with Crippen molar-refractivity contribution in [1.29, 1.82) is 0 Å². The third kappa shape index (κ3) is 4.98. The summed E-state index contributed by atoms with van der Waals surface area (Å²) in [4.78, 5) is 13.8. The molecule has 0 unspecified atom stereocenters. The van der Waals surface area contributed by atoms with E-state index < -0.39 is 0 Å². The van der Waals surface area contributed by atoms with Crippen molar-refractivity contribution >= 4 is 5.82 Å². The fourth-order valence-electron chi connectivity index (χ4n) is 3.54. The van der Waals surface area contributed by atoms with E-state index in [2.05, 4.69) is 46.4 Å². The molecular formula is C22H27N5O2. The van der Waals surface area contributed by atoms with Crippen LogP contribution in [0.1, 0.15) is 61.8 Å². The standard InChI is InChI=1S/C22H27N5O2/c1-15(2)21-26-22(29-27-21)20(17-9-12-28-13-10-17)25-18-8-11-23-19(24-18)14-16-6-4-3-5-7-16/h3-8,11,15,17,20H,9-10,12-14H2,1-2H3,(H,23,24,25)/t20-/m0/s1. The Morgan fingerprint density at radius 1 is 1.07 bits per heavy atom. The van der Waals surface area contributed by atoms with Crippen LogP contribution in [-0.4, -0.2) is 33.3 Å². The van der Waals surface area contributed by atoms with Crippen LogP contribution in [0.2, 0.25) is 0 Å². The Kier molecular flexibility index (Phi) is 6.14. The molecule has 1 atom stereocenters. The van der Waals surface area contributed by atoms with Crippen molar-refractivity contribution in [2.24, 2.45) is 5.92 Å². The van der Waals surface area contributed by atoms with E-state index in [0.29, 0.717) is 18.2 Å². The zero-order chi connectivity index (χ0) is 20.1. The van der Waals surface area contributed by atoms with E-state index in [1.807, 2.05) is 24.3 Å². The summed E-state index contributed by atoms with van der Waals surface area (Å²) in [6, 6.07) is 12.0. The maximum Gasteiger partial charge on any atom is 0.249 e. The van der Waals surface area contributed by atoms with Gasteiger partial charge in [-0.1, -0.05) is 49.3 Å². The second-order valence-electron chi connectivity index (χ2n) is 7.74. The lowest BCUT2D eigenvalue weighted by Gasteiger charge is -2.29. The zero-order valence-electron chi connectivity index (χ0n) is 16.9. The molecule has 7 heteroatoms. The van der Waals surface area contributed by atoms with Gasteiger partial charge in [-0.05, 0) is 30.4 Å². The first kappa shape index (κ1) is 19.5. The van der Waals surface area contributed by atoms with Crippen LogP contribution in [0.25, 0.3) is 0 Å². The molecule has 1 N–H and O–H groups in total. The van der Waals surface area contributed by atoms with Crippen LogP contribution in [0.3, 0.4) is 0 Å². The highest BCUT2D eigenvalue weighted by Crippen LogP contribution is 2.32. The van der Waals surface area contributed by atoms with Crippen LogP contribution in [0, 0.1) is 5.92 Å². The average Bonchev–Trinajstić information content (AvgIpc) is 3.24. The first-order valence-electron chi connectivity index (χ1n) is 10.2. The third-order valence-corrected chi connectivity index (χ3v) is 5.19. The second kappa shape index (κ2) is 9.13. The highest BCUT2D eigenvalue weighted by atomic mass is 16.5. The molecule has 3 aromatic rings. The van der Waals surface area contributed by atoms with Gasteiger partial charge in [0.2, 0.25) is 5.89 Å². The maximum atomic E-state index is 5.63. The number of rotatable bonds is 7. The van der Waals surface area contributed by atoms with E-state index in [1.54, 1.807) is 6.20 Å². The van der Waals surface area contributed by atoms with Crippen molar-refractivity contribution in [1.82, 2.24) is 20.1 Å². The first-order chi connectivity index (χ1) is 14.2. The fourth-order valence-corrected chi connectivity index (χ4v) is 3.54. The monoisotopic (exact) mass is 393 g/mol. The van der Waals surface area contributed by atoms with Crippen LogP contribution in [0.5, 0.6) is 0 Å². The molecule has 0 amide bonds. The van der Waals surface area contributed by atoms with E-state index in [1.165, 1.54) is 5.56 Å². The minimum atomic E-state index is -0.0987. The lowest BCUT2D eigenvalue weighted by Crippen LogP contribution is -2.27. The van der Waals surface area contributed by atoms with Crippen molar-refractivity contribution < 1.29 is 9.26 Å². The number of hydrogen-bond donors (Lipinski definition) is 1. The van der Waals surface area contributed by atoms with Gasteiger partial charge in [-0.3, -0.25) is 0 Å². The second-order valence-corrected chi connectivity index (χ2v) is 7.74. The van der Waals surface area contributed by atoms with Crippen molar-refractivity contribution in [2.75, 3.05) is 18.5 Å². The molecule has 1 saturated heterocycles. The summed E-state index contributed by atoms with van der Waals surface area (Å²) in [6.07, 6.45) is 4.37. The van der Waals surface area contributed by atoms with Gasteiger partial charge < -0.3 is 14.6 Å². The molecule has 0 radical (unpaired) electrons. The van der Waals surface area contributed by atoms with Gasteiger partial charge in [0.25, 0.3) is 0 Å². The Labute approximate surface area is 170 Å². The average molecular weight is 393 g/mol. The lowest BCUT2D eigenvalue weighted by atomic mass is 9.91. The molecule has 0 saturated carbocycles. The molecule has 0 bridgehead atoms. The molecule has 1 aliphatic rings. The van der Waals surface area contributed by atoms with Crippen molar-refractivity contribution in [3.8, 4) is 0 Å². The molecule has 4 rings (SSSR count). The number of ether oxygens (including phenoxy) is 1. The highest BCUT2D eigenvalue weighted by Gasteiger charge is 2.30. The number of benzene rings is 1. The summed E-state index contributed by atoms with van der Waals surface area (Å²) < 4.78 is 11.2. The van der Waals surface area contributed by atoms with Gasteiger partial charge in [0.1, 0.15) is 17.7 Å². The zero-order valence-corrected chi connectivity index (χ0v) is 16.9. The molecule has 3 heterocycles. The summed E-state index contributed by atoms with van der Waals surface area (Å²) in [5.74, 6) is 3.46. The first-order valence-corrected chi connectivity index (χ1v) is 10.2. The minimum Gasteiger partial charge on any atom is -0.381 e. The quantitative estimate of drug-likeness (QED) is 0.645. The van der Waals surface area contributed by atoms with E-state index in [-0.39, 0.29) is 12.0 Å². The Morgan fingerprint density at radius 2 is 1.86 bits per heavy atom. The molecule has 7 nitrogen and oxygen atoms in total. The summed E-state index contributed by atoms with van der Waals surface area (Å²) in [5.41, 5.74) is 1.18. The van der Waals surface area contributed by atoms with Gasteiger partial charge in [0.05, 0.1) is 0 Å². The van der Waals surface area contributed by atoms with Crippen LogP contribution in [-0.2, 0) is 11.2 Å². The number of anilines is 1. The Hall–Kier alpha value is -2.80. The summed E-state index contributed by atoms with van der Waals surface area (Å²) >= 11 is 0. The summed E-state index contributed by atoms with van der Waals surface area (Å²) in [5, 5.41) is 7.70. The predicted molar refractivity (Wildman–Crippen MR) is 110 cm³/mol. The van der Waals surface area contributed by atoms with E-state index >= 15 is 0 Å². The smallest absolute Gasteiger partial charge is 0.249 e. The van der Waals surface area contributed by atoms with Gasteiger partial charge in [0, 0.05) is 31.7 Å². The van der Waals surface area contributed by atoms with Crippen LogP contribution < -0.4 is 5.32 Å². The topological polar surface area (TPSA) is 86.0 Å². The third-order valence-electron chi connectivity index (χ3n) is 5.19. The SMILES string of the molecule is CC(C)c1noc([C@@H](Nc2ccnc(Cc3ccccc3)n2)C2CCOCC2)n1. The fraction of sp³-hybridized carbons (Fsp3) is 0.455. The van der Waals surface area contributed by atoms with Crippen LogP contribution in [0.15, 0.2) is 47.1 Å². The molecule has 152 valence electrons. The number of aromatic nitrogens is 4. The summed E-state index contributed by atoms with van der Waals surface area (Å²) in [6.45, 7) is 5.62. The van der Waals surface area contributed by atoms with Crippen LogP contribution in [0.4, 0.5) is 5.82 Å². The molecule has 1 fully saturated rings. The Balaban J connectivity index is 1.56. The molecule has 1 aliphatic heterocycles.